The van der Waals surface area contributed by atoms with Gasteiger partial charge in [0.1, 0.15) is 4.88 Å². The number of nitrogens with zero attached hydrogens (tertiary/aromatic N) is 1. The summed E-state index contributed by atoms with van der Waals surface area (Å²) in [7, 11) is 0. The van der Waals surface area contributed by atoms with Gasteiger partial charge < -0.3 is 9.30 Å². The van der Waals surface area contributed by atoms with Crippen LogP contribution in [0.3, 0.4) is 0 Å². The van der Waals surface area contributed by atoms with E-state index in [4.69, 9.17) is 4.74 Å². The molecular weight excluding hydrogens is 322 g/mol. The van der Waals surface area contributed by atoms with Crippen LogP contribution in [-0.2, 0) is 11.3 Å². The molecule has 0 fully saturated rings. The summed E-state index contributed by atoms with van der Waals surface area (Å²) in [5.74, 6) is -0.619. The number of esters is 1. The smallest absolute Gasteiger partial charge is 0.348 e. The highest BCUT2D eigenvalue weighted by Crippen LogP contribution is 2.26. The lowest BCUT2D eigenvalue weighted by molar-refractivity contribution is 0.0479. The molecule has 24 heavy (non-hydrogen) atoms. The molecule has 0 aliphatic carbocycles. The van der Waals surface area contributed by atoms with Crippen molar-refractivity contribution in [2.75, 3.05) is 6.61 Å². The molecule has 0 aliphatic heterocycles. The molecule has 0 amide bonds. The molecule has 124 valence electrons. The van der Waals surface area contributed by atoms with Crippen LogP contribution < -0.4 is 0 Å². The Morgan fingerprint density at radius 1 is 1.17 bits per heavy atom. The van der Waals surface area contributed by atoms with Crippen molar-refractivity contribution in [3.8, 4) is 0 Å². The van der Waals surface area contributed by atoms with Gasteiger partial charge in [-0.3, -0.25) is 4.79 Å². The molecule has 0 bridgehead atoms. The van der Waals surface area contributed by atoms with Gasteiger partial charge in [0.05, 0.1) is 0 Å². The topological polar surface area (TPSA) is 48.3 Å². The highest BCUT2D eigenvalue weighted by atomic mass is 32.1. The number of hydrogen-bond acceptors (Lipinski definition) is 4. The highest BCUT2D eigenvalue weighted by molar-refractivity contribution is 7.20. The Hall–Kier alpha value is -2.40. The van der Waals surface area contributed by atoms with Crippen molar-refractivity contribution in [2.45, 2.75) is 27.3 Å². The van der Waals surface area contributed by atoms with E-state index in [1.807, 2.05) is 51.1 Å². The fourth-order valence-corrected chi connectivity index (χ4v) is 3.89. The van der Waals surface area contributed by atoms with E-state index in [1.165, 1.54) is 11.3 Å². The third-order valence-electron chi connectivity index (χ3n) is 4.15. The first-order chi connectivity index (χ1) is 11.5. The van der Waals surface area contributed by atoms with Crippen molar-refractivity contribution < 1.29 is 14.3 Å². The fourth-order valence-electron chi connectivity index (χ4n) is 2.93. The summed E-state index contributed by atoms with van der Waals surface area (Å²) in [5.41, 5.74) is 2.57. The summed E-state index contributed by atoms with van der Waals surface area (Å²) in [6.07, 6.45) is 0. The summed E-state index contributed by atoms with van der Waals surface area (Å²) in [6, 6.07) is 11.4. The van der Waals surface area contributed by atoms with Gasteiger partial charge in [0, 0.05) is 28.2 Å². The van der Waals surface area contributed by atoms with Gasteiger partial charge in [-0.2, -0.15) is 0 Å². The fraction of sp³-hybridized carbons (Fsp3) is 0.263. The zero-order valence-corrected chi connectivity index (χ0v) is 14.8. The van der Waals surface area contributed by atoms with Crippen LogP contribution in [0.4, 0.5) is 0 Å². The minimum Gasteiger partial charge on any atom is -0.453 e. The van der Waals surface area contributed by atoms with Gasteiger partial charge in [-0.05, 0) is 44.4 Å². The molecule has 2 aromatic heterocycles. The van der Waals surface area contributed by atoms with E-state index < -0.39 is 5.97 Å². The number of hydrogen-bond donors (Lipinski definition) is 0. The Labute approximate surface area is 144 Å². The van der Waals surface area contributed by atoms with Crippen LogP contribution in [-0.4, -0.2) is 22.9 Å². The van der Waals surface area contributed by atoms with Crippen LogP contribution >= 0.6 is 11.3 Å². The minimum absolute atomic E-state index is 0.169. The molecule has 3 rings (SSSR count). The predicted octanol–water partition coefficient (Wildman–Crippen LogP) is 4.38. The Bertz CT molecular complexity index is 887. The first-order valence-electron chi connectivity index (χ1n) is 7.87. The Balaban J connectivity index is 1.71. The predicted molar refractivity (Wildman–Crippen MR) is 96.0 cm³/mol. The summed E-state index contributed by atoms with van der Waals surface area (Å²) in [4.78, 5) is 25.1. The molecule has 2 heterocycles. The maximum Gasteiger partial charge on any atom is 0.348 e. The first-order valence-corrected chi connectivity index (χ1v) is 8.68. The third-order valence-corrected chi connectivity index (χ3v) is 5.25. The zero-order valence-electron chi connectivity index (χ0n) is 14.0. The van der Waals surface area contributed by atoms with Gasteiger partial charge in [-0.1, -0.05) is 18.2 Å². The number of carbonyl (C=O) groups is 2. The molecule has 0 spiro atoms. The molecular formula is C19H19NO3S. The van der Waals surface area contributed by atoms with E-state index in [2.05, 4.69) is 4.57 Å². The molecule has 0 saturated heterocycles. The molecule has 5 heteroatoms. The van der Waals surface area contributed by atoms with Gasteiger partial charge in [0.2, 0.25) is 5.78 Å². The normalized spacial score (nSPS) is 11.0. The number of fused-ring (bicyclic) bond motifs is 1. The number of rotatable bonds is 5. The molecule has 0 saturated carbocycles. The SMILES string of the molecule is CCn1c(C)cc(C(=O)COC(=O)c2cc3ccccc3s2)c1C. The van der Waals surface area contributed by atoms with Crippen LogP contribution in [0.15, 0.2) is 36.4 Å². The lowest BCUT2D eigenvalue weighted by atomic mass is 10.1. The van der Waals surface area contributed by atoms with Crippen molar-refractivity contribution in [3.63, 3.8) is 0 Å². The lowest BCUT2D eigenvalue weighted by Gasteiger charge is -2.06. The van der Waals surface area contributed by atoms with Crippen LogP contribution in [0.5, 0.6) is 0 Å². The van der Waals surface area contributed by atoms with Gasteiger partial charge in [-0.25, -0.2) is 4.79 Å². The number of thiophene rings is 1. The molecule has 0 N–H and O–H groups in total. The van der Waals surface area contributed by atoms with E-state index in [-0.39, 0.29) is 12.4 Å². The molecule has 0 radical (unpaired) electrons. The number of ketones is 1. The highest BCUT2D eigenvalue weighted by Gasteiger charge is 2.18. The van der Waals surface area contributed by atoms with E-state index in [1.54, 1.807) is 6.07 Å². The number of ether oxygens (including phenoxy) is 1. The van der Waals surface area contributed by atoms with Crippen molar-refractivity contribution in [1.29, 1.82) is 0 Å². The molecule has 0 aliphatic rings. The Morgan fingerprint density at radius 2 is 1.92 bits per heavy atom. The maximum atomic E-state index is 12.4. The van der Waals surface area contributed by atoms with E-state index >= 15 is 0 Å². The lowest BCUT2D eigenvalue weighted by Crippen LogP contribution is -2.14. The van der Waals surface area contributed by atoms with E-state index in [0.29, 0.717) is 10.4 Å². The van der Waals surface area contributed by atoms with E-state index in [9.17, 15) is 9.59 Å². The standard InChI is InChI=1S/C19H19NO3S/c1-4-20-12(2)9-15(13(20)3)16(21)11-23-19(22)18-10-14-7-5-6-8-17(14)24-18/h5-10H,4,11H2,1-3H3. The van der Waals surface area contributed by atoms with E-state index in [0.717, 1.165) is 28.0 Å². The van der Waals surface area contributed by atoms with Crippen LogP contribution in [0, 0.1) is 13.8 Å². The van der Waals surface area contributed by atoms with Crippen molar-refractivity contribution in [2.24, 2.45) is 0 Å². The third kappa shape index (κ3) is 2.99. The molecule has 3 aromatic rings. The van der Waals surface area contributed by atoms with Crippen LogP contribution in [0.1, 0.15) is 38.3 Å². The molecule has 0 unspecified atom stereocenters. The number of carbonyl (C=O) groups excluding carboxylic acids is 2. The van der Waals surface area contributed by atoms with Gasteiger partial charge >= 0.3 is 5.97 Å². The second-order valence-electron chi connectivity index (χ2n) is 5.68. The number of aryl methyl sites for hydroxylation is 1. The summed E-state index contributed by atoms with van der Waals surface area (Å²) < 4.78 is 8.32. The van der Waals surface area contributed by atoms with Crippen molar-refractivity contribution >= 4 is 33.2 Å². The van der Waals surface area contributed by atoms with Crippen molar-refractivity contribution in [3.05, 3.63) is 58.2 Å². The second kappa shape index (κ2) is 6.61. The number of aromatic nitrogens is 1. The number of benzene rings is 1. The quantitative estimate of drug-likeness (QED) is 0.511. The first kappa shape index (κ1) is 16.5. The second-order valence-corrected chi connectivity index (χ2v) is 6.76. The largest absolute Gasteiger partial charge is 0.453 e. The molecule has 1 aromatic carbocycles. The van der Waals surface area contributed by atoms with Gasteiger partial charge in [-0.15, -0.1) is 11.3 Å². The molecule has 4 nitrogen and oxygen atoms in total. The van der Waals surface area contributed by atoms with Gasteiger partial charge in [0.15, 0.2) is 6.61 Å². The summed E-state index contributed by atoms with van der Waals surface area (Å²) in [5, 5.41) is 1.01. The Kier molecular flexibility index (Phi) is 4.53. The minimum atomic E-state index is -0.450. The van der Waals surface area contributed by atoms with Gasteiger partial charge in [0.25, 0.3) is 0 Å². The maximum absolute atomic E-state index is 12.4. The molecule has 0 atom stereocenters. The summed E-state index contributed by atoms with van der Waals surface area (Å²) in [6.45, 7) is 6.50. The van der Waals surface area contributed by atoms with Crippen molar-refractivity contribution in [1.82, 2.24) is 4.57 Å². The number of Topliss-reactive ketones (excluding diaryl/α,β-unsaturated/α-hetero) is 1. The Morgan fingerprint density at radius 3 is 2.58 bits per heavy atom. The van der Waals surface area contributed by atoms with Crippen LogP contribution in [0.2, 0.25) is 0 Å². The average Bonchev–Trinajstić information content (AvgIpc) is 3.13. The monoisotopic (exact) mass is 341 g/mol. The zero-order chi connectivity index (χ0) is 17.3. The summed E-state index contributed by atoms with van der Waals surface area (Å²) >= 11 is 1.38. The average molecular weight is 341 g/mol. The van der Waals surface area contributed by atoms with Crippen LogP contribution in [0.25, 0.3) is 10.1 Å².